The van der Waals surface area contributed by atoms with Gasteiger partial charge in [0.25, 0.3) is 0 Å². The van der Waals surface area contributed by atoms with Gasteiger partial charge in [0.05, 0.1) is 25.0 Å². The largest absolute Gasteiger partial charge is 0.465 e. The van der Waals surface area contributed by atoms with E-state index in [9.17, 15) is 9.59 Å². The summed E-state index contributed by atoms with van der Waals surface area (Å²) in [5, 5.41) is 0. The lowest BCUT2D eigenvalue weighted by Gasteiger charge is -2.25. The van der Waals surface area contributed by atoms with Crippen molar-refractivity contribution in [2.75, 3.05) is 13.2 Å². The van der Waals surface area contributed by atoms with Gasteiger partial charge in [-0.2, -0.15) is 0 Å². The molecule has 1 aliphatic carbocycles. The van der Waals surface area contributed by atoms with Gasteiger partial charge in [-0.3, -0.25) is 9.59 Å². The predicted molar refractivity (Wildman–Crippen MR) is 76.9 cm³/mol. The van der Waals surface area contributed by atoms with Crippen LogP contribution < -0.4 is 0 Å². The molecule has 0 aromatic rings. The van der Waals surface area contributed by atoms with E-state index in [1.807, 2.05) is 33.8 Å². The Morgan fingerprint density at radius 3 is 2.15 bits per heavy atom. The van der Waals surface area contributed by atoms with Crippen LogP contribution in [0.2, 0.25) is 0 Å². The fourth-order valence-corrected chi connectivity index (χ4v) is 2.04. The second kappa shape index (κ2) is 8.08. The summed E-state index contributed by atoms with van der Waals surface area (Å²) in [5.41, 5.74) is 0. The van der Waals surface area contributed by atoms with E-state index >= 15 is 0 Å². The van der Waals surface area contributed by atoms with Gasteiger partial charge in [-0.1, -0.05) is 39.8 Å². The van der Waals surface area contributed by atoms with Crippen molar-refractivity contribution in [3.8, 4) is 0 Å². The van der Waals surface area contributed by atoms with Crippen LogP contribution in [0.4, 0.5) is 0 Å². The molecule has 2 unspecified atom stereocenters. The normalized spacial score (nSPS) is 22.1. The van der Waals surface area contributed by atoms with Crippen LogP contribution in [0.1, 0.15) is 40.5 Å². The number of carbonyl (C=O) groups is 2. The molecule has 4 heteroatoms. The highest BCUT2D eigenvalue weighted by atomic mass is 16.5. The molecule has 0 saturated heterocycles. The summed E-state index contributed by atoms with van der Waals surface area (Å²) in [7, 11) is 0. The number of ether oxygens (including phenoxy) is 2. The van der Waals surface area contributed by atoms with Crippen LogP contribution in [0.5, 0.6) is 0 Å². The number of rotatable bonds is 6. The minimum Gasteiger partial charge on any atom is -0.465 e. The molecule has 1 aliphatic rings. The van der Waals surface area contributed by atoms with Crippen molar-refractivity contribution >= 4 is 11.9 Å². The Bertz CT molecular complexity index is 357. The SMILES string of the molecule is CC(C)COC(=O)C1C=CCCC1C(=O)OCC(C)C. The van der Waals surface area contributed by atoms with E-state index in [0.717, 1.165) is 6.42 Å². The Kier molecular flexibility index (Phi) is 6.76. The summed E-state index contributed by atoms with van der Waals surface area (Å²) in [6.07, 6.45) is 5.17. The summed E-state index contributed by atoms with van der Waals surface area (Å²) in [4.78, 5) is 24.2. The van der Waals surface area contributed by atoms with E-state index in [2.05, 4.69) is 0 Å². The third-order valence-electron chi connectivity index (χ3n) is 3.11. The lowest BCUT2D eigenvalue weighted by Crippen LogP contribution is -2.34. The van der Waals surface area contributed by atoms with E-state index < -0.39 is 11.8 Å². The molecule has 0 aromatic carbocycles. The van der Waals surface area contributed by atoms with Crippen molar-refractivity contribution in [3.63, 3.8) is 0 Å². The molecular formula is C16H26O4. The predicted octanol–water partition coefficient (Wildman–Crippen LogP) is 2.97. The number of hydrogen-bond donors (Lipinski definition) is 0. The van der Waals surface area contributed by atoms with E-state index in [0.29, 0.717) is 25.6 Å². The number of carbonyl (C=O) groups excluding carboxylic acids is 2. The lowest BCUT2D eigenvalue weighted by atomic mass is 9.84. The van der Waals surface area contributed by atoms with Crippen molar-refractivity contribution in [2.24, 2.45) is 23.7 Å². The third-order valence-corrected chi connectivity index (χ3v) is 3.11. The van der Waals surface area contributed by atoms with Gasteiger partial charge in [-0.25, -0.2) is 0 Å². The fourth-order valence-electron chi connectivity index (χ4n) is 2.04. The van der Waals surface area contributed by atoms with E-state index in [4.69, 9.17) is 9.47 Å². The maximum Gasteiger partial charge on any atom is 0.313 e. The molecule has 0 N–H and O–H groups in total. The molecule has 114 valence electrons. The molecule has 0 saturated carbocycles. The van der Waals surface area contributed by atoms with Gasteiger partial charge in [-0.05, 0) is 24.7 Å². The van der Waals surface area contributed by atoms with E-state index in [1.165, 1.54) is 0 Å². The zero-order valence-electron chi connectivity index (χ0n) is 12.9. The quantitative estimate of drug-likeness (QED) is 0.555. The Labute approximate surface area is 121 Å². The van der Waals surface area contributed by atoms with Gasteiger partial charge in [0.15, 0.2) is 0 Å². The molecule has 0 aliphatic heterocycles. The van der Waals surface area contributed by atoms with Crippen molar-refractivity contribution in [3.05, 3.63) is 12.2 Å². The maximum absolute atomic E-state index is 12.1. The summed E-state index contributed by atoms with van der Waals surface area (Å²) < 4.78 is 10.5. The Morgan fingerprint density at radius 1 is 1.05 bits per heavy atom. The van der Waals surface area contributed by atoms with Gasteiger partial charge < -0.3 is 9.47 Å². The second-order valence-corrected chi connectivity index (χ2v) is 6.19. The molecule has 1 rings (SSSR count). The molecule has 20 heavy (non-hydrogen) atoms. The zero-order valence-corrected chi connectivity index (χ0v) is 12.9. The lowest BCUT2D eigenvalue weighted by molar-refractivity contribution is -0.160. The summed E-state index contributed by atoms with van der Waals surface area (Å²) in [6.45, 7) is 8.73. The second-order valence-electron chi connectivity index (χ2n) is 6.19. The number of esters is 2. The topological polar surface area (TPSA) is 52.6 Å². The molecule has 0 spiro atoms. The molecule has 0 radical (unpaired) electrons. The van der Waals surface area contributed by atoms with Gasteiger partial charge in [0.2, 0.25) is 0 Å². The van der Waals surface area contributed by atoms with Crippen molar-refractivity contribution in [1.82, 2.24) is 0 Å². The Morgan fingerprint density at radius 2 is 1.60 bits per heavy atom. The van der Waals surface area contributed by atoms with E-state index in [-0.39, 0.29) is 17.9 Å². The molecule has 0 aromatic heterocycles. The van der Waals surface area contributed by atoms with Crippen LogP contribution in [0.25, 0.3) is 0 Å². The zero-order chi connectivity index (χ0) is 15.1. The van der Waals surface area contributed by atoms with E-state index in [1.54, 1.807) is 6.08 Å². The van der Waals surface area contributed by atoms with Crippen LogP contribution in [-0.2, 0) is 19.1 Å². The van der Waals surface area contributed by atoms with Crippen LogP contribution >= 0.6 is 0 Å². The smallest absolute Gasteiger partial charge is 0.313 e. The summed E-state index contributed by atoms with van der Waals surface area (Å²) >= 11 is 0. The average Bonchev–Trinajstić information content (AvgIpc) is 2.42. The third kappa shape index (κ3) is 5.35. The highest BCUT2D eigenvalue weighted by Gasteiger charge is 2.35. The van der Waals surface area contributed by atoms with Crippen LogP contribution in [0.15, 0.2) is 12.2 Å². The highest BCUT2D eigenvalue weighted by Crippen LogP contribution is 2.27. The van der Waals surface area contributed by atoms with Gasteiger partial charge in [0.1, 0.15) is 0 Å². The van der Waals surface area contributed by atoms with Crippen molar-refractivity contribution in [2.45, 2.75) is 40.5 Å². The molecule has 2 atom stereocenters. The van der Waals surface area contributed by atoms with Crippen LogP contribution in [0, 0.1) is 23.7 Å². The standard InChI is InChI=1S/C16H26O4/c1-11(2)9-19-15(17)13-7-5-6-8-14(13)16(18)20-10-12(3)4/h5,7,11-14H,6,8-10H2,1-4H3. The van der Waals surface area contributed by atoms with Gasteiger partial charge in [0, 0.05) is 0 Å². The minimum atomic E-state index is -0.498. The monoisotopic (exact) mass is 282 g/mol. The number of allylic oxidation sites excluding steroid dienone is 1. The Balaban J connectivity index is 2.61. The first kappa shape index (κ1) is 16.7. The molecular weight excluding hydrogens is 256 g/mol. The summed E-state index contributed by atoms with van der Waals surface area (Å²) in [5.74, 6) is -0.918. The number of hydrogen-bond acceptors (Lipinski definition) is 4. The van der Waals surface area contributed by atoms with Gasteiger partial charge >= 0.3 is 11.9 Å². The van der Waals surface area contributed by atoms with Gasteiger partial charge in [-0.15, -0.1) is 0 Å². The maximum atomic E-state index is 12.1. The van der Waals surface area contributed by atoms with Crippen LogP contribution in [-0.4, -0.2) is 25.2 Å². The molecule has 4 nitrogen and oxygen atoms in total. The molecule has 0 heterocycles. The first-order chi connectivity index (χ1) is 9.41. The Hall–Kier alpha value is -1.32. The van der Waals surface area contributed by atoms with Crippen molar-refractivity contribution in [1.29, 1.82) is 0 Å². The van der Waals surface area contributed by atoms with Crippen LogP contribution in [0.3, 0.4) is 0 Å². The van der Waals surface area contributed by atoms with Crippen molar-refractivity contribution < 1.29 is 19.1 Å². The summed E-state index contributed by atoms with van der Waals surface area (Å²) in [6, 6.07) is 0. The molecule has 0 amide bonds. The minimum absolute atomic E-state index is 0.283. The molecule has 0 fully saturated rings. The highest BCUT2D eigenvalue weighted by molar-refractivity contribution is 5.83. The first-order valence-corrected chi connectivity index (χ1v) is 7.41. The first-order valence-electron chi connectivity index (χ1n) is 7.41. The average molecular weight is 282 g/mol. The molecule has 0 bridgehead atoms. The fraction of sp³-hybridized carbons (Fsp3) is 0.750.